The molecule has 0 spiro atoms. The van der Waals surface area contributed by atoms with Crippen molar-refractivity contribution in [2.75, 3.05) is 11.5 Å². The fourth-order valence-electron chi connectivity index (χ4n) is 2.21. The van der Waals surface area contributed by atoms with Crippen molar-refractivity contribution in [3.05, 3.63) is 48.5 Å². The third-order valence-electron chi connectivity index (χ3n) is 3.55. The predicted octanol–water partition coefficient (Wildman–Crippen LogP) is 3.31. The summed E-state index contributed by atoms with van der Waals surface area (Å²) >= 11 is 0. The maximum absolute atomic E-state index is 11.8. The molecule has 2 aromatic carbocycles. The van der Waals surface area contributed by atoms with E-state index in [0.717, 1.165) is 6.42 Å². The summed E-state index contributed by atoms with van der Waals surface area (Å²) in [4.78, 5) is 23.5. The second-order valence-corrected chi connectivity index (χ2v) is 5.58. The quantitative estimate of drug-likeness (QED) is 0.330. The van der Waals surface area contributed by atoms with Crippen LogP contribution in [0.5, 0.6) is 11.5 Å². The summed E-state index contributed by atoms with van der Waals surface area (Å²) in [6.07, 6.45) is 2.53. The lowest BCUT2D eigenvalue weighted by atomic mass is 10.1. The second-order valence-electron chi connectivity index (χ2n) is 5.58. The fraction of sp³-hybridized carbons (Fsp3) is 0.263. The molecule has 2 rings (SSSR count). The Labute approximate surface area is 146 Å². The Morgan fingerprint density at radius 2 is 1.08 bits per heavy atom. The molecular weight excluding hydrogens is 320 g/mol. The molecule has 0 aliphatic rings. The molecule has 4 N–H and O–H groups in total. The standard InChI is InChI=1S/C19H22N2O4/c20-14-8-4-6-10-16(14)24-18(22)12-2-1-3-13-19(23)25-17-11-7-5-9-15(17)21/h4-11H,1-3,12-13,20-21H2. The van der Waals surface area contributed by atoms with Crippen LogP contribution in [0, 0.1) is 0 Å². The Morgan fingerprint density at radius 1 is 0.680 bits per heavy atom. The van der Waals surface area contributed by atoms with Crippen LogP contribution in [0.15, 0.2) is 48.5 Å². The molecule has 0 atom stereocenters. The van der Waals surface area contributed by atoms with Crippen LogP contribution in [0.2, 0.25) is 0 Å². The van der Waals surface area contributed by atoms with Gasteiger partial charge in [-0.2, -0.15) is 0 Å². The summed E-state index contributed by atoms with van der Waals surface area (Å²) in [5.74, 6) is 0.0723. The second kappa shape index (κ2) is 9.32. The van der Waals surface area contributed by atoms with Gasteiger partial charge in [0.2, 0.25) is 0 Å². The van der Waals surface area contributed by atoms with Gasteiger partial charge in [-0.3, -0.25) is 9.59 Å². The zero-order valence-corrected chi connectivity index (χ0v) is 13.9. The molecule has 0 saturated carbocycles. The van der Waals surface area contributed by atoms with Gasteiger partial charge in [0.15, 0.2) is 11.5 Å². The molecular formula is C19H22N2O4. The number of carbonyl (C=O) groups is 2. The van der Waals surface area contributed by atoms with E-state index in [9.17, 15) is 9.59 Å². The van der Waals surface area contributed by atoms with E-state index in [0.29, 0.717) is 35.7 Å². The largest absolute Gasteiger partial charge is 0.424 e. The Bertz CT molecular complexity index is 669. The number of esters is 2. The number of unbranched alkanes of at least 4 members (excludes halogenated alkanes) is 2. The van der Waals surface area contributed by atoms with Crippen molar-refractivity contribution in [3.63, 3.8) is 0 Å². The van der Waals surface area contributed by atoms with Gasteiger partial charge in [-0.1, -0.05) is 30.7 Å². The highest BCUT2D eigenvalue weighted by Gasteiger charge is 2.09. The first-order valence-corrected chi connectivity index (χ1v) is 8.16. The molecule has 0 aliphatic carbocycles. The van der Waals surface area contributed by atoms with E-state index >= 15 is 0 Å². The maximum atomic E-state index is 11.8. The summed E-state index contributed by atoms with van der Waals surface area (Å²) in [5, 5.41) is 0. The average molecular weight is 342 g/mol. The fourth-order valence-corrected chi connectivity index (χ4v) is 2.21. The van der Waals surface area contributed by atoms with E-state index in [-0.39, 0.29) is 24.8 Å². The van der Waals surface area contributed by atoms with Gasteiger partial charge in [-0.05, 0) is 37.1 Å². The van der Waals surface area contributed by atoms with E-state index < -0.39 is 0 Å². The molecule has 0 aliphatic heterocycles. The van der Waals surface area contributed by atoms with Crippen LogP contribution in [0.1, 0.15) is 32.1 Å². The van der Waals surface area contributed by atoms with E-state index in [1.807, 2.05) is 0 Å². The van der Waals surface area contributed by atoms with Crippen molar-refractivity contribution in [2.45, 2.75) is 32.1 Å². The van der Waals surface area contributed by atoms with Crippen molar-refractivity contribution in [1.82, 2.24) is 0 Å². The van der Waals surface area contributed by atoms with Crippen molar-refractivity contribution in [3.8, 4) is 11.5 Å². The Morgan fingerprint density at radius 3 is 1.48 bits per heavy atom. The molecule has 6 heteroatoms. The summed E-state index contributed by atoms with van der Waals surface area (Å²) in [6.45, 7) is 0. The van der Waals surface area contributed by atoms with E-state index in [1.165, 1.54) is 0 Å². The summed E-state index contributed by atoms with van der Waals surface area (Å²) < 4.78 is 10.4. The Hall–Kier alpha value is -3.02. The van der Waals surface area contributed by atoms with Gasteiger partial charge in [0.25, 0.3) is 0 Å². The molecule has 0 unspecified atom stereocenters. The zero-order valence-electron chi connectivity index (χ0n) is 13.9. The van der Waals surface area contributed by atoms with Crippen LogP contribution in [-0.2, 0) is 9.59 Å². The van der Waals surface area contributed by atoms with Crippen LogP contribution in [0.25, 0.3) is 0 Å². The van der Waals surface area contributed by atoms with Crippen LogP contribution in [-0.4, -0.2) is 11.9 Å². The van der Waals surface area contributed by atoms with Crippen LogP contribution >= 0.6 is 0 Å². The van der Waals surface area contributed by atoms with E-state index in [1.54, 1.807) is 48.5 Å². The SMILES string of the molecule is Nc1ccccc1OC(=O)CCCCCC(=O)Oc1ccccc1N. The summed E-state index contributed by atoms with van der Waals surface area (Å²) in [5.41, 5.74) is 12.3. The minimum absolute atomic E-state index is 0.273. The number of para-hydroxylation sites is 4. The Balaban J connectivity index is 1.61. The third-order valence-corrected chi connectivity index (χ3v) is 3.55. The van der Waals surface area contributed by atoms with Crippen LogP contribution < -0.4 is 20.9 Å². The highest BCUT2D eigenvalue weighted by atomic mass is 16.5. The highest BCUT2D eigenvalue weighted by Crippen LogP contribution is 2.21. The molecule has 0 bridgehead atoms. The van der Waals surface area contributed by atoms with Crippen LogP contribution in [0.4, 0.5) is 11.4 Å². The maximum Gasteiger partial charge on any atom is 0.311 e. The lowest BCUT2D eigenvalue weighted by molar-refractivity contribution is -0.134. The first-order valence-electron chi connectivity index (χ1n) is 8.16. The normalized spacial score (nSPS) is 10.2. The lowest BCUT2D eigenvalue weighted by Gasteiger charge is -2.07. The van der Waals surface area contributed by atoms with Crippen molar-refractivity contribution in [1.29, 1.82) is 0 Å². The van der Waals surface area contributed by atoms with Gasteiger partial charge < -0.3 is 20.9 Å². The van der Waals surface area contributed by atoms with Gasteiger partial charge in [-0.15, -0.1) is 0 Å². The van der Waals surface area contributed by atoms with Crippen molar-refractivity contribution < 1.29 is 19.1 Å². The average Bonchev–Trinajstić information content (AvgIpc) is 2.59. The number of benzene rings is 2. The van der Waals surface area contributed by atoms with Gasteiger partial charge in [0.1, 0.15) is 0 Å². The number of ether oxygens (including phenoxy) is 2. The summed E-state index contributed by atoms with van der Waals surface area (Å²) in [6, 6.07) is 13.7. The molecule has 2 aromatic rings. The summed E-state index contributed by atoms with van der Waals surface area (Å²) in [7, 11) is 0. The first-order chi connectivity index (χ1) is 12.1. The first kappa shape index (κ1) is 18.3. The zero-order chi connectivity index (χ0) is 18.1. The number of carbonyl (C=O) groups excluding carboxylic acids is 2. The van der Waals surface area contributed by atoms with E-state index in [4.69, 9.17) is 20.9 Å². The molecule has 25 heavy (non-hydrogen) atoms. The molecule has 0 aromatic heterocycles. The van der Waals surface area contributed by atoms with Gasteiger partial charge in [0, 0.05) is 12.8 Å². The minimum atomic E-state index is -0.336. The molecule has 132 valence electrons. The van der Waals surface area contributed by atoms with Gasteiger partial charge in [-0.25, -0.2) is 0 Å². The van der Waals surface area contributed by atoms with Crippen LogP contribution in [0.3, 0.4) is 0 Å². The number of nitrogens with two attached hydrogens (primary N) is 2. The molecule has 0 radical (unpaired) electrons. The number of hydrogen-bond acceptors (Lipinski definition) is 6. The molecule has 0 saturated heterocycles. The van der Waals surface area contributed by atoms with Gasteiger partial charge >= 0.3 is 11.9 Å². The van der Waals surface area contributed by atoms with Crippen molar-refractivity contribution >= 4 is 23.3 Å². The highest BCUT2D eigenvalue weighted by molar-refractivity contribution is 5.75. The molecule has 0 heterocycles. The number of hydrogen-bond donors (Lipinski definition) is 2. The molecule has 0 fully saturated rings. The predicted molar refractivity (Wildman–Crippen MR) is 96.1 cm³/mol. The molecule has 0 amide bonds. The number of anilines is 2. The monoisotopic (exact) mass is 342 g/mol. The minimum Gasteiger partial charge on any atom is -0.424 e. The number of nitrogen functional groups attached to an aromatic ring is 2. The Kier molecular flexibility index (Phi) is 6.83. The topological polar surface area (TPSA) is 105 Å². The third kappa shape index (κ3) is 6.18. The van der Waals surface area contributed by atoms with Crippen molar-refractivity contribution in [2.24, 2.45) is 0 Å². The van der Waals surface area contributed by atoms with Gasteiger partial charge in [0.05, 0.1) is 11.4 Å². The molecule has 6 nitrogen and oxygen atoms in total. The van der Waals surface area contributed by atoms with E-state index in [2.05, 4.69) is 0 Å². The smallest absolute Gasteiger partial charge is 0.311 e. The number of rotatable bonds is 8. The lowest BCUT2D eigenvalue weighted by Crippen LogP contribution is -2.10.